The molecular weight excluding hydrogens is 190 g/mol. The third-order valence-corrected chi connectivity index (χ3v) is 2.33. The Morgan fingerprint density at radius 1 is 1.33 bits per heavy atom. The predicted octanol–water partition coefficient (Wildman–Crippen LogP) is 2.11. The molecule has 0 aliphatic heterocycles. The van der Waals surface area contributed by atoms with Crippen molar-refractivity contribution in [2.75, 3.05) is 12.3 Å². The molecule has 0 fully saturated rings. The van der Waals surface area contributed by atoms with Crippen LogP contribution in [0.3, 0.4) is 0 Å². The summed E-state index contributed by atoms with van der Waals surface area (Å²) in [6.45, 7) is 5.86. The van der Waals surface area contributed by atoms with Gasteiger partial charge < -0.3 is 10.5 Å². The van der Waals surface area contributed by atoms with Crippen molar-refractivity contribution in [3.05, 3.63) is 29.8 Å². The highest BCUT2D eigenvalue weighted by atomic mass is 16.5. The van der Waals surface area contributed by atoms with Gasteiger partial charge in [-0.3, -0.25) is 4.79 Å². The number of rotatable bonds is 3. The molecule has 3 nitrogen and oxygen atoms in total. The zero-order valence-corrected chi connectivity index (χ0v) is 9.41. The van der Waals surface area contributed by atoms with Crippen molar-refractivity contribution in [1.29, 1.82) is 0 Å². The zero-order chi connectivity index (χ0) is 11.5. The third kappa shape index (κ3) is 3.27. The van der Waals surface area contributed by atoms with Gasteiger partial charge in [0.05, 0.1) is 0 Å². The monoisotopic (exact) mass is 207 g/mol. The van der Waals surface area contributed by atoms with Crippen LogP contribution in [-0.4, -0.2) is 12.6 Å². The Hall–Kier alpha value is -1.51. The molecule has 3 heteroatoms. The molecule has 1 aromatic rings. The SMILES string of the molecule is CC(=O)OCC(C)(C)c1ccc(N)cc1. The highest BCUT2D eigenvalue weighted by Gasteiger charge is 2.21. The van der Waals surface area contributed by atoms with Crippen molar-refractivity contribution in [1.82, 2.24) is 0 Å². The number of nitrogens with two attached hydrogens (primary N) is 1. The first-order valence-corrected chi connectivity index (χ1v) is 4.91. The maximum atomic E-state index is 10.7. The summed E-state index contributed by atoms with van der Waals surface area (Å²) >= 11 is 0. The number of ether oxygens (including phenoxy) is 1. The molecule has 0 unspecified atom stereocenters. The van der Waals surface area contributed by atoms with Crippen LogP contribution in [-0.2, 0) is 14.9 Å². The number of benzene rings is 1. The van der Waals surface area contributed by atoms with Crippen molar-refractivity contribution < 1.29 is 9.53 Å². The molecule has 1 rings (SSSR count). The van der Waals surface area contributed by atoms with E-state index in [-0.39, 0.29) is 11.4 Å². The van der Waals surface area contributed by atoms with Gasteiger partial charge >= 0.3 is 5.97 Å². The first-order valence-electron chi connectivity index (χ1n) is 4.91. The van der Waals surface area contributed by atoms with Gasteiger partial charge in [-0.25, -0.2) is 0 Å². The molecule has 82 valence electrons. The van der Waals surface area contributed by atoms with E-state index in [2.05, 4.69) is 0 Å². The number of hydrogen-bond donors (Lipinski definition) is 1. The van der Waals surface area contributed by atoms with E-state index in [1.54, 1.807) is 0 Å². The Balaban J connectivity index is 2.76. The van der Waals surface area contributed by atoms with Crippen molar-refractivity contribution in [2.45, 2.75) is 26.2 Å². The maximum absolute atomic E-state index is 10.7. The maximum Gasteiger partial charge on any atom is 0.302 e. The first kappa shape index (κ1) is 11.6. The van der Waals surface area contributed by atoms with Crippen LogP contribution in [0.15, 0.2) is 24.3 Å². The summed E-state index contributed by atoms with van der Waals surface area (Å²) in [4.78, 5) is 10.7. The molecule has 0 spiro atoms. The molecule has 15 heavy (non-hydrogen) atoms. The smallest absolute Gasteiger partial charge is 0.302 e. The predicted molar refractivity (Wildman–Crippen MR) is 60.5 cm³/mol. The lowest BCUT2D eigenvalue weighted by molar-refractivity contribution is -0.142. The van der Waals surface area contributed by atoms with Gasteiger partial charge in [0, 0.05) is 18.0 Å². The third-order valence-electron chi connectivity index (χ3n) is 2.33. The Morgan fingerprint density at radius 3 is 2.33 bits per heavy atom. The van der Waals surface area contributed by atoms with Crippen LogP contribution < -0.4 is 5.73 Å². The average Bonchev–Trinajstić information content (AvgIpc) is 2.16. The van der Waals surface area contributed by atoms with Gasteiger partial charge in [-0.1, -0.05) is 26.0 Å². The molecule has 0 aliphatic carbocycles. The number of nitrogen functional groups attached to an aromatic ring is 1. The standard InChI is InChI=1S/C12H17NO2/c1-9(14)15-8-12(2,3)10-4-6-11(13)7-5-10/h4-7H,8,13H2,1-3H3. The molecule has 0 saturated carbocycles. The Morgan fingerprint density at radius 2 is 1.87 bits per heavy atom. The molecular formula is C12H17NO2. The number of esters is 1. The normalized spacial score (nSPS) is 11.1. The van der Waals surface area contributed by atoms with E-state index in [9.17, 15) is 4.79 Å². The van der Waals surface area contributed by atoms with Crippen molar-refractivity contribution in [3.63, 3.8) is 0 Å². The van der Waals surface area contributed by atoms with E-state index in [0.717, 1.165) is 11.3 Å². The van der Waals surface area contributed by atoms with Gasteiger partial charge in [0.25, 0.3) is 0 Å². The number of carbonyl (C=O) groups is 1. The molecule has 0 saturated heterocycles. The average molecular weight is 207 g/mol. The molecule has 0 amide bonds. The second-order valence-electron chi connectivity index (χ2n) is 4.29. The van der Waals surface area contributed by atoms with Gasteiger partial charge in [-0.15, -0.1) is 0 Å². The van der Waals surface area contributed by atoms with E-state index in [4.69, 9.17) is 10.5 Å². The summed E-state index contributed by atoms with van der Waals surface area (Å²) in [6, 6.07) is 7.62. The van der Waals surface area contributed by atoms with Crippen LogP contribution in [0.4, 0.5) is 5.69 Å². The van der Waals surface area contributed by atoms with E-state index in [1.165, 1.54) is 6.92 Å². The Labute approximate surface area is 90.2 Å². The lowest BCUT2D eigenvalue weighted by Crippen LogP contribution is -2.25. The van der Waals surface area contributed by atoms with Crippen molar-refractivity contribution in [3.8, 4) is 0 Å². The van der Waals surface area contributed by atoms with Crippen molar-refractivity contribution >= 4 is 11.7 Å². The minimum Gasteiger partial charge on any atom is -0.465 e. The molecule has 1 aromatic carbocycles. The molecule has 0 aliphatic rings. The van der Waals surface area contributed by atoms with Gasteiger partial charge in [0.15, 0.2) is 0 Å². The van der Waals surface area contributed by atoms with Crippen LogP contribution in [0.2, 0.25) is 0 Å². The van der Waals surface area contributed by atoms with Crippen LogP contribution in [0.25, 0.3) is 0 Å². The van der Waals surface area contributed by atoms with Crippen LogP contribution in [0.1, 0.15) is 26.3 Å². The summed E-state index contributed by atoms with van der Waals surface area (Å²) in [7, 11) is 0. The van der Waals surface area contributed by atoms with Crippen LogP contribution in [0, 0.1) is 0 Å². The van der Waals surface area contributed by atoms with E-state index >= 15 is 0 Å². The van der Waals surface area contributed by atoms with Gasteiger partial charge in [0.2, 0.25) is 0 Å². The van der Waals surface area contributed by atoms with Gasteiger partial charge in [-0.2, -0.15) is 0 Å². The summed E-state index contributed by atoms with van der Waals surface area (Å²) < 4.78 is 5.02. The minimum absolute atomic E-state index is 0.181. The van der Waals surface area contributed by atoms with E-state index in [1.807, 2.05) is 38.1 Å². The molecule has 0 radical (unpaired) electrons. The lowest BCUT2D eigenvalue weighted by Gasteiger charge is -2.24. The fourth-order valence-corrected chi connectivity index (χ4v) is 1.30. The first-order chi connectivity index (χ1) is 6.92. The second kappa shape index (κ2) is 4.34. The molecule has 0 bridgehead atoms. The quantitative estimate of drug-likeness (QED) is 0.610. The Kier molecular flexibility index (Phi) is 3.35. The topological polar surface area (TPSA) is 52.3 Å². The summed E-state index contributed by atoms with van der Waals surface area (Å²) in [5.41, 5.74) is 7.27. The molecule has 0 heterocycles. The summed E-state index contributed by atoms with van der Waals surface area (Å²) in [6.07, 6.45) is 0. The molecule has 0 aromatic heterocycles. The lowest BCUT2D eigenvalue weighted by atomic mass is 9.85. The highest BCUT2D eigenvalue weighted by Crippen LogP contribution is 2.24. The number of anilines is 1. The minimum atomic E-state index is -0.251. The Bertz CT molecular complexity index is 341. The van der Waals surface area contributed by atoms with Gasteiger partial charge in [0.1, 0.15) is 6.61 Å². The number of hydrogen-bond acceptors (Lipinski definition) is 3. The van der Waals surface area contributed by atoms with E-state index in [0.29, 0.717) is 6.61 Å². The van der Waals surface area contributed by atoms with Crippen LogP contribution in [0.5, 0.6) is 0 Å². The summed E-state index contributed by atoms with van der Waals surface area (Å²) in [5.74, 6) is -0.251. The van der Waals surface area contributed by atoms with Crippen LogP contribution >= 0.6 is 0 Å². The second-order valence-corrected chi connectivity index (χ2v) is 4.29. The zero-order valence-electron chi connectivity index (χ0n) is 9.41. The van der Waals surface area contributed by atoms with E-state index < -0.39 is 0 Å². The summed E-state index contributed by atoms with van der Waals surface area (Å²) in [5, 5.41) is 0. The van der Waals surface area contributed by atoms with Crippen molar-refractivity contribution in [2.24, 2.45) is 0 Å². The largest absolute Gasteiger partial charge is 0.465 e. The fraction of sp³-hybridized carbons (Fsp3) is 0.417. The molecule has 2 N–H and O–H groups in total. The highest BCUT2D eigenvalue weighted by molar-refractivity contribution is 5.66. The molecule has 0 atom stereocenters. The fourth-order valence-electron chi connectivity index (χ4n) is 1.30. The number of carbonyl (C=O) groups excluding carboxylic acids is 1. The van der Waals surface area contributed by atoms with Gasteiger partial charge in [-0.05, 0) is 17.7 Å².